The molecule has 0 bridgehead atoms. The predicted octanol–water partition coefficient (Wildman–Crippen LogP) is -1.03. The first-order valence-electron chi connectivity index (χ1n) is 3.50. The topological polar surface area (TPSA) is 106 Å². The van der Waals surface area contributed by atoms with E-state index in [9.17, 15) is 21.6 Å². The van der Waals surface area contributed by atoms with Crippen LogP contribution in [0.2, 0.25) is 0 Å². The number of hydrogen-bond donors (Lipinski definition) is 1. The highest BCUT2D eigenvalue weighted by Crippen LogP contribution is 1.94. The predicted molar refractivity (Wildman–Crippen MR) is 50.4 cm³/mol. The number of carboxylic acids is 1. The smallest absolute Gasteiger partial charge is 0.303 e. The molecule has 0 aliphatic rings. The minimum atomic E-state index is -2.54. The highest BCUT2D eigenvalue weighted by molar-refractivity contribution is 7.74. The maximum absolute atomic E-state index is 10.5. The van der Waals surface area contributed by atoms with E-state index in [2.05, 4.69) is 0 Å². The SMILES string of the molecule is O=C(O)CCC(CC=S(=O)=O)=S(=O)=O. The summed E-state index contributed by atoms with van der Waals surface area (Å²) in [5.41, 5.74) is 0. The van der Waals surface area contributed by atoms with Gasteiger partial charge in [-0.05, 0) is 6.42 Å². The zero-order valence-electron chi connectivity index (χ0n) is 7.00. The molecule has 0 saturated heterocycles. The second kappa shape index (κ2) is 6.33. The number of carbonyl (C=O) groups is 1. The third-order valence-corrected chi connectivity index (χ3v) is 2.58. The zero-order valence-corrected chi connectivity index (χ0v) is 8.64. The third-order valence-electron chi connectivity index (χ3n) is 1.30. The molecule has 0 aromatic heterocycles. The molecule has 6 nitrogen and oxygen atoms in total. The second-order valence-electron chi connectivity index (χ2n) is 2.30. The standard InChI is InChI=1S/C6H8O6S2/c7-6(8)2-1-5(14(11)12)3-4-13(9)10/h4H,1-3H2,(H,7,8). The van der Waals surface area contributed by atoms with E-state index in [1.54, 1.807) is 0 Å². The molecule has 80 valence electrons. The van der Waals surface area contributed by atoms with Gasteiger partial charge < -0.3 is 5.11 Å². The van der Waals surface area contributed by atoms with Crippen LogP contribution in [0.15, 0.2) is 0 Å². The Morgan fingerprint density at radius 3 is 2.07 bits per heavy atom. The van der Waals surface area contributed by atoms with Gasteiger partial charge in [-0.3, -0.25) is 4.79 Å². The van der Waals surface area contributed by atoms with Crippen LogP contribution in [0, 0.1) is 0 Å². The quantitative estimate of drug-likeness (QED) is 0.616. The van der Waals surface area contributed by atoms with Gasteiger partial charge in [-0.15, -0.1) is 0 Å². The van der Waals surface area contributed by atoms with E-state index < -0.39 is 26.6 Å². The molecule has 0 saturated carbocycles. The van der Waals surface area contributed by atoms with Crippen LogP contribution < -0.4 is 0 Å². The Bertz CT molecular complexity index is 450. The molecule has 0 atom stereocenters. The molecule has 1 N–H and O–H groups in total. The Morgan fingerprint density at radius 2 is 1.71 bits per heavy atom. The van der Waals surface area contributed by atoms with Crippen LogP contribution in [0.25, 0.3) is 0 Å². The van der Waals surface area contributed by atoms with Crippen molar-refractivity contribution in [3.05, 3.63) is 0 Å². The summed E-state index contributed by atoms with van der Waals surface area (Å²) in [7, 11) is -4.97. The van der Waals surface area contributed by atoms with Crippen LogP contribution in [-0.4, -0.2) is 38.1 Å². The summed E-state index contributed by atoms with van der Waals surface area (Å²) in [6, 6.07) is 0. The fraction of sp³-hybridized carbons (Fsp3) is 0.500. The first-order valence-corrected chi connectivity index (χ1v) is 5.72. The van der Waals surface area contributed by atoms with Gasteiger partial charge in [0.2, 0.25) is 20.6 Å². The lowest BCUT2D eigenvalue weighted by atomic mass is 10.2. The average Bonchev–Trinajstić information content (AvgIpc) is 2.02. The molecule has 14 heavy (non-hydrogen) atoms. The van der Waals surface area contributed by atoms with Crippen LogP contribution in [0.4, 0.5) is 0 Å². The van der Waals surface area contributed by atoms with E-state index in [-0.39, 0.29) is 24.1 Å². The molecular weight excluding hydrogens is 232 g/mol. The molecule has 8 heteroatoms. The lowest BCUT2D eigenvalue weighted by Gasteiger charge is -1.93. The monoisotopic (exact) mass is 240 g/mol. The first-order chi connectivity index (χ1) is 6.43. The van der Waals surface area contributed by atoms with E-state index >= 15 is 0 Å². The summed E-state index contributed by atoms with van der Waals surface area (Å²) in [5.74, 6) is -1.13. The molecule has 0 aliphatic heterocycles. The molecule has 0 fully saturated rings. The van der Waals surface area contributed by atoms with Gasteiger partial charge >= 0.3 is 5.97 Å². The summed E-state index contributed by atoms with van der Waals surface area (Å²) >= 11 is 0. The van der Waals surface area contributed by atoms with E-state index in [0.29, 0.717) is 0 Å². The number of rotatable bonds is 5. The van der Waals surface area contributed by atoms with Gasteiger partial charge in [0.05, 0.1) is 11.3 Å². The Balaban J connectivity index is 4.59. The third kappa shape index (κ3) is 6.38. The largest absolute Gasteiger partial charge is 0.481 e. The van der Waals surface area contributed by atoms with Gasteiger partial charge in [0, 0.05) is 11.8 Å². The van der Waals surface area contributed by atoms with Crippen molar-refractivity contribution >= 4 is 36.8 Å². The number of hydrogen-bond acceptors (Lipinski definition) is 5. The Kier molecular flexibility index (Phi) is 5.81. The Labute approximate surface area is 83.2 Å². The van der Waals surface area contributed by atoms with Crippen molar-refractivity contribution in [2.45, 2.75) is 19.3 Å². The summed E-state index contributed by atoms with van der Waals surface area (Å²) in [6.45, 7) is 0. The summed E-state index contributed by atoms with van der Waals surface area (Å²) in [4.78, 5) is 9.99. The zero-order chi connectivity index (χ0) is 11.1. The van der Waals surface area contributed by atoms with Crippen LogP contribution in [-0.2, 0) is 25.4 Å². The molecular formula is C6H8O6S2. The highest BCUT2D eigenvalue weighted by atomic mass is 32.2. The molecule has 0 unspecified atom stereocenters. The van der Waals surface area contributed by atoms with Crippen molar-refractivity contribution in [2.24, 2.45) is 0 Å². The van der Waals surface area contributed by atoms with Crippen LogP contribution >= 0.6 is 0 Å². The minimum Gasteiger partial charge on any atom is -0.481 e. The highest BCUT2D eigenvalue weighted by Gasteiger charge is 2.04. The normalized spacial score (nSPS) is 9.14. The lowest BCUT2D eigenvalue weighted by Crippen LogP contribution is -2.05. The van der Waals surface area contributed by atoms with Crippen molar-refractivity contribution in [3.63, 3.8) is 0 Å². The molecule has 0 rings (SSSR count). The van der Waals surface area contributed by atoms with E-state index in [1.165, 1.54) is 0 Å². The van der Waals surface area contributed by atoms with E-state index in [1.807, 2.05) is 0 Å². The summed E-state index contributed by atoms with van der Waals surface area (Å²) in [5, 5.41) is 9.05. The van der Waals surface area contributed by atoms with Crippen molar-refractivity contribution in [3.8, 4) is 0 Å². The first kappa shape index (κ1) is 12.8. The maximum Gasteiger partial charge on any atom is 0.303 e. The van der Waals surface area contributed by atoms with Gasteiger partial charge in [0.1, 0.15) is 0 Å². The van der Waals surface area contributed by atoms with Gasteiger partial charge in [-0.25, -0.2) is 0 Å². The van der Waals surface area contributed by atoms with Crippen molar-refractivity contribution in [1.29, 1.82) is 0 Å². The minimum absolute atomic E-state index is 0.128. The average molecular weight is 240 g/mol. The summed E-state index contributed by atoms with van der Waals surface area (Å²) < 4.78 is 41.1. The van der Waals surface area contributed by atoms with Crippen LogP contribution in [0.3, 0.4) is 0 Å². The number of carboxylic acid groups (broad SMARTS) is 1. The Hall–Kier alpha value is -1.15. The molecule has 0 aromatic rings. The van der Waals surface area contributed by atoms with Gasteiger partial charge in [0.15, 0.2) is 0 Å². The van der Waals surface area contributed by atoms with Crippen molar-refractivity contribution < 1.29 is 26.7 Å². The molecule has 0 radical (unpaired) electrons. The molecule has 0 heterocycles. The molecule has 0 amide bonds. The van der Waals surface area contributed by atoms with Gasteiger partial charge in [-0.1, -0.05) is 0 Å². The van der Waals surface area contributed by atoms with Crippen LogP contribution in [0.1, 0.15) is 19.3 Å². The molecule has 0 aromatic carbocycles. The number of aliphatic carboxylic acids is 1. The fourth-order valence-electron chi connectivity index (χ4n) is 0.661. The van der Waals surface area contributed by atoms with E-state index in [0.717, 1.165) is 5.37 Å². The lowest BCUT2D eigenvalue weighted by molar-refractivity contribution is -0.136. The molecule has 0 aliphatic carbocycles. The van der Waals surface area contributed by atoms with Crippen molar-refractivity contribution in [2.75, 3.05) is 0 Å². The summed E-state index contributed by atoms with van der Waals surface area (Å²) in [6.07, 6.45) is -0.763. The van der Waals surface area contributed by atoms with Gasteiger partial charge in [-0.2, -0.15) is 16.8 Å². The van der Waals surface area contributed by atoms with Crippen LogP contribution in [0.5, 0.6) is 0 Å². The maximum atomic E-state index is 10.5. The van der Waals surface area contributed by atoms with Gasteiger partial charge in [0.25, 0.3) is 0 Å². The Morgan fingerprint density at radius 1 is 1.14 bits per heavy atom. The van der Waals surface area contributed by atoms with Crippen molar-refractivity contribution in [1.82, 2.24) is 0 Å². The molecule has 0 spiro atoms. The second-order valence-corrected chi connectivity index (χ2v) is 4.20. The fourth-order valence-corrected chi connectivity index (χ4v) is 1.59. The van der Waals surface area contributed by atoms with E-state index in [4.69, 9.17) is 5.11 Å².